The van der Waals surface area contributed by atoms with E-state index in [1.807, 2.05) is 39.2 Å². The summed E-state index contributed by atoms with van der Waals surface area (Å²) in [5.41, 5.74) is 2.12. The minimum absolute atomic E-state index is 0.273. The zero-order chi connectivity index (χ0) is 17.4. The van der Waals surface area contributed by atoms with E-state index in [-0.39, 0.29) is 5.92 Å². The van der Waals surface area contributed by atoms with Gasteiger partial charge in [-0.3, -0.25) is 0 Å². The molecule has 1 aliphatic carbocycles. The third kappa shape index (κ3) is 5.45. The van der Waals surface area contributed by atoms with Gasteiger partial charge in [0, 0.05) is 58.0 Å². The summed E-state index contributed by atoms with van der Waals surface area (Å²) in [6, 6.07) is 0. The van der Waals surface area contributed by atoms with E-state index in [9.17, 15) is 0 Å². The van der Waals surface area contributed by atoms with Crippen LogP contribution in [0.1, 0.15) is 12.8 Å². The van der Waals surface area contributed by atoms with Gasteiger partial charge in [-0.05, 0) is 18.6 Å². The molecule has 4 nitrogen and oxygen atoms in total. The quantitative estimate of drug-likeness (QED) is 0.390. The lowest BCUT2D eigenvalue weighted by Crippen LogP contribution is -2.10. The predicted molar refractivity (Wildman–Crippen MR) is 95.3 cm³/mol. The Balaban J connectivity index is 2.81. The fourth-order valence-corrected chi connectivity index (χ4v) is 2.38. The van der Waals surface area contributed by atoms with E-state index in [0.29, 0.717) is 0 Å². The average Bonchev–Trinajstić information content (AvgIpc) is 2.93. The van der Waals surface area contributed by atoms with Gasteiger partial charge in [-0.2, -0.15) is 0 Å². The van der Waals surface area contributed by atoms with E-state index in [1.165, 1.54) is 5.70 Å². The van der Waals surface area contributed by atoms with Gasteiger partial charge in [-0.15, -0.1) is 6.42 Å². The molecule has 0 aromatic carbocycles. The Labute approximate surface area is 140 Å². The standard InChI is InChI=1S/C19H28N2O2/c1-8-9-16(20(2)3)13-18(22-6)11-10-15-12-17(21(4)5)14-19(15)23-7/h1,9,12-15H,10-11H2,2-7H3/b16-9+,18-13+. The molecule has 1 aliphatic rings. The summed E-state index contributed by atoms with van der Waals surface area (Å²) in [6.07, 6.45) is 15.2. The molecule has 0 saturated heterocycles. The number of methoxy groups -OCH3 is 2. The van der Waals surface area contributed by atoms with Crippen molar-refractivity contribution < 1.29 is 9.47 Å². The lowest BCUT2D eigenvalue weighted by atomic mass is 10.0. The van der Waals surface area contributed by atoms with Crippen molar-refractivity contribution in [1.29, 1.82) is 0 Å². The van der Waals surface area contributed by atoms with Crippen LogP contribution < -0.4 is 0 Å². The van der Waals surface area contributed by atoms with Crippen molar-refractivity contribution in [2.45, 2.75) is 12.8 Å². The largest absolute Gasteiger partial charge is 0.501 e. The monoisotopic (exact) mass is 316 g/mol. The average molecular weight is 316 g/mol. The fourth-order valence-electron chi connectivity index (χ4n) is 2.38. The highest BCUT2D eigenvalue weighted by molar-refractivity contribution is 5.32. The number of terminal acetylenes is 1. The summed E-state index contributed by atoms with van der Waals surface area (Å²) in [4.78, 5) is 4.06. The Hall–Kier alpha value is -2.28. The van der Waals surface area contributed by atoms with Gasteiger partial charge < -0.3 is 19.3 Å². The molecular formula is C19H28N2O2. The van der Waals surface area contributed by atoms with Gasteiger partial charge in [0.1, 0.15) is 5.76 Å². The Bertz CT molecular complexity index is 560. The molecule has 23 heavy (non-hydrogen) atoms. The van der Waals surface area contributed by atoms with Crippen molar-refractivity contribution in [3.05, 3.63) is 47.2 Å². The van der Waals surface area contributed by atoms with Crippen LogP contribution in [0.15, 0.2) is 47.2 Å². The van der Waals surface area contributed by atoms with E-state index in [0.717, 1.165) is 30.1 Å². The third-order valence-corrected chi connectivity index (χ3v) is 3.80. The van der Waals surface area contributed by atoms with Crippen molar-refractivity contribution in [2.24, 2.45) is 5.92 Å². The van der Waals surface area contributed by atoms with Crippen LogP contribution >= 0.6 is 0 Å². The second kappa shape index (κ2) is 8.99. The summed E-state index contributed by atoms with van der Waals surface area (Å²) in [5, 5.41) is 0. The molecule has 1 rings (SSSR count). The number of hydrogen-bond donors (Lipinski definition) is 0. The summed E-state index contributed by atoms with van der Waals surface area (Å²) in [6.45, 7) is 0. The molecule has 0 aliphatic heterocycles. The highest BCUT2D eigenvalue weighted by Crippen LogP contribution is 2.30. The van der Waals surface area contributed by atoms with Crippen molar-refractivity contribution in [1.82, 2.24) is 9.80 Å². The molecule has 0 heterocycles. The molecule has 0 fully saturated rings. The van der Waals surface area contributed by atoms with Gasteiger partial charge in [0.2, 0.25) is 0 Å². The van der Waals surface area contributed by atoms with Crippen molar-refractivity contribution in [2.75, 3.05) is 42.4 Å². The van der Waals surface area contributed by atoms with Gasteiger partial charge in [0.05, 0.1) is 20.0 Å². The Morgan fingerprint density at radius 2 is 2.00 bits per heavy atom. The lowest BCUT2D eigenvalue weighted by Gasteiger charge is -2.16. The van der Waals surface area contributed by atoms with Crippen molar-refractivity contribution in [3.63, 3.8) is 0 Å². The number of hydrogen-bond acceptors (Lipinski definition) is 4. The Kier molecular flexibility index (Phi) is 7.34. The highest BCUT2D eigenvalue weighted by atomic mass is 16.5. The number of allylic oxidation sites excluding steroid dienone is 5. The Morgan fingerprint density at radius 3 is 2.48 bits per heavy atom. The second-order valence-electron chi connectivity index (χ2n) is 5.83. The van der Waals surface area contributed by atoms with Gasteiger partial charge in [0.15, 0.2) is 0 Å². The molecule has 1 unspecified atom stereocenters. The summed E-state index contributed by atoms with van der Waals surface area (Å²) in [5.74, 6) is 4.74. The molecule has 1 atom stereocenters. The highest BCUT2D eigenvalue weighted by Gasteiger charge is 2.21. The van der Waals surface area contributed by atoms with Crippen LogP contribution in [0.2, 0.25) is 0 Å². The van der Waals surface area contributed by atoms with Crippen molar-refractivity contribution >= 4 is 0 Å². The first-order chi connectivity index (χ1) is 10.9. The van der Waals surface area contributed by atoms with Crippen LogP contribution in [-0.2, 0) is 9.47 Å². The maximum atomic E-state index is 5.51. The predicted octanol–water partition coefficient (Wildman–Crippen LogP) is 2.98. The topological polar surface area (TPSA) is 24.9 Å². The zero-order valence-electron chi connectivity index (χ0n) is 15.1. The molecule has 0 N–H and O–H groups in total. The van der Waals surface area contributed by atoms with E-state index in [1.54, 1.807) is 20.3 Å². The summed E-state index contributed by atoms with van der Waals surface area (Å²) < 4.78 is 11.0. The van der Waals surface area contributed by atoms with Crippen LogP contribution in [0.3, 0.4) is 0 Å². The first-order valence-electron chi connectivity index (χ1n) is 7.65. The molecule has 0 spiro atoms. The van der Waals surface area contributed by atoms with Crippen LogP contribution in [0.5, 0.6) is 0 Å². The maximum absolute atomic E-state index is 5.51. The Morgan fingerprint density at radius 1 is 1.30 bits per heavy atom. The van der Waals surface area contributed by atoms with Gasteiger partial charge in [0.25, 0.3) is 0 Å². The van der Waals surface area contributed by atoms with Crippen LogP contribution in [-0.4, -0.2) is 52.2 Å². The van der Waals surface area contributed by atoms with E-state index in [4.69, 9.17) is 15.9 Å². The van der Waals surface area contributed by atoms with Gasteiger partial charge in [-0.25, -0.2) is 0 Å². The first-order valence-corrected chi connectivity index (χ1v) is 7.65. The van der Waals surface area contributed by atoms with E-state index < -0.39 is 0 Å². The molecule has 126 valence electrons. The number of nitrogens with zero attached hydrogens (tertiary/aromatic N) is 2. The normalized spacial score (nSPS) is 18.0. The smallest absolute Gasteiger partial charge is 0.104 e. The maximum Gasteiger partial charge on any atom is 0.104 e. The van der Waals surface area contributed by atoms with E-state index >= 15 is 0 Å². The fraction of sp³-hybridized carbons (Fsp3) is 0.474. The van der Waals surface area contributed by atoms with Crippen molar-refractivity contribution in [3.8, 4) is 12.3 Å². The molecular weight excluding hydrogens is 288 g/mol. The molecule has 0 aromatic heterocycles. The molecule has 4 heteroatoms. The van der Waals surface area contributed by atoms with Gasteiger partial charge in [-0.1, -0.05) is 12.0 Å². The minimum atomic E-state index is 0.273. The van der Waals surface area contributed by atoms with Gasteiger partial charge >= 0.3 is 0 Å². The molecule has 0 aromatic rings. The summed E-state index contributed by atoms with van der Waals surface area (Å²) in [7, 11) is 11.4. The van der Waals surface area contributed by atoms with Crippen LogP contribution in [0.4, 0.5) is 0 Å². The van der Waals surface area contributed by atoms with Crippen LogP contribution in [0.25, 0.3) is 0 Å². The molecule has 0 saturated carbocycles. The zero-order valence-corrected chi connectivity index (χ0v) is 15.1. The second-order valence-corrected chi connectivity index (χ2v) is 5.83. The third-order valence-electron chi connectivity index (χ3n) is 3.80. The van der Waals surface area contributed by atoms with E-state index in [2.05, 4.69) is 23.0 Å². The minimum Gasteiger partial charge on any atom is -0.501 e. The molecule has 0 amide bonds. The summed E-state index contributed by atoms with van der Waals surface area (Å²) >= 11 is 0. The lowest BCUT2D eigenvalue weighted by molar-refractivity contribution is 0.242. The van der Waals surface area contributed by atoms with Crippen LogP contribution in [0, 0.1) is 18.3 Å². The first kappa shape index (κ1) is 18.8. The number of likely N-dealkylation sites (N-methyl/N-ethyl adjacent to an activating group) is 2. The molecule has 0 bridgehead atoms. The SMILES string of the molecule is C#C/C=C(\C=C(/CCC1C=C(N(C)C)C=C1OC)OC)N(C)C. The number of rotatable bonds is 8. The number of ether oxygens (including phenoxy) is 2. The molecule has 0 radical (unpaired) electrons.